The molecule has 3 heteroatoms. The molecular weight excluding hydrogens is 264 g/mol. The second-order valence-electron chi connectivity index (χ2n) is 6.41. The van der Waals surface area contributed by atoms with Crippen LogP contribution in [0.1, 0.15) is 22.3 Å². The van der Waals surface area contributed by atoms with Gasteiger partial charge in [0.1, 0.15) is 0 Å². The van der Waals surface area contributed by atoms with Crippen LogP contribution in [0.5, 0.6) is 0 Å². The summed E-state index contributed by atoms with van der Waals surface area (Å²) in [6, 6.07) is 7.84. The Balaban J connectivity index is 1.69. The average molecular weight is 282 g/mol. The molecule has 2 bridgehead atoms. The first-order valence-electron chi connectivity index (χ1n) is 7.59. The van der Waals surface area contributed by atoms with Gasteiger partial charge in [0.25, 0.3) is 0 Å². The molecule has 3 aliphatic carbocycles. The molecule has 1 fully saturated rings. The highest BCUT2D eigenvalue weighted by Crippen LogP contribution is 2.53. The van der Waals surface area contributed by atoms with Gasteiger partial charge in [-0.25, -0.2) is 0 Å². The van der Waals surface area contributed by atoms with Gasteiger partial charge in [0.15, 0.2) is 5.78 Å². The van der Waals surface area contributed by atoms with Gasteiger partial charge in [-0.1, -0.05) is 36.4 Å². The number of carbonyl (C=O) groups excluding carboxylic acids is 2. The van der Waals surface area contributed by atoms with Gasteiger partial charge in [-0.2, -0.15) is 0 Å². The van der Waals surface area contributed by atoms with E-state index in [1.807, 2.05) is 24.3 Å². The highest BCUT2D eigenvalue weighted by molar-refractivity contribution is 6.02. The van der Waals surface area contributed by atoms with E-state index in [1.54, 1.807) is 0 Å². The number of rotatable bonds is 2. The van der Waals surface area contributed by atoms with Crippen molar-refractivity contribution in [1.82, 2.24) is 0 Å². The van der Waals surface area contributed by atoms with Crippen LogP contribution in [0.3, 0.4) is 0 Å². The molecule has 0 aliphatic heterocycles. The van der Waals surface area contributed by atoms with Gasteiger partial charge < -0.3 is 4.74 Å². The van der Waals surface area contributed by atoms with Crippen molar-refractivity contribution in [2.75, 3.05) is 7.11 Å². The molecule has 1 unspecified atom stereocenters. The van der Waals surface area contributed by atoms with Gasteiger partial charge >= 0.3 is 5.97 Å². The number of benzene rings is 1. The molecule has 5 atom stereocenters. The Kier molecular flexibility index (Phi) is 2.78. The van der Waals surface area contributed by atoms with Crippen molar-refractivity contribution in [3.63, 3.8) is 0 Å². The van der Waals surface area contributed by atoms with Crippen LogP contribution < -0.4 is 0 Å². The lowest BCUT2D eigenvalue weighted by Gasteiger charge is -2.30. The van der Waals surface area contributed by atoms with E-state index in [0.29, 0.717) is 5.92 Å². The lowest BCUT2D eigenvalue weighted by molar-refractivity contribution is -0.148. The van der Waals surface area contributed by atoms with Crippen molar-refractivity contribution in [2.45, 2.75) is 12.8 Å². The Morgan fingerprint density at radius 1 is 1.19 bits per heavy atom. The molecule has 0 N–H and O–H groups in total. The van der Waals surface area contributed by atoms with E-state index in [2.05, 4.69) is 12.2 Å². The zero-order valence-electron chi connectivity index (χ0n) is 12.0. The Bertz CT molecular complexity index is 646. The number of methoxy groups -OCH3 is 1. The normalized spacial score (nSPS) is 36.0. The maximum atomic E-state index is 12.7. The Labute approximate surface area is 124 Å². The summed E-state index contributed by atoms with van der Waals surface area (Å²) in [5.41, 5.74) is 1.97. The fraction of sp³-hybridized carbons (Fsp3) is 0.444. The standard InChI is InChI=1S/C18H18O3/c1-21-18(20)16-12-7-6-11(8-12)15(16)14-9-10-4-2-3-5-13(10)17(14)19/h2-7,11-12,14-16H,8-9H2,1H3/t11-,12+,14+,15?,16+/m0/s1. The monoisotopic (exact) mass is 282 g/mol. The third-order valence-electron chi connectivity index (χ3n) is 5.52. The van der Waals surface area contributed by atoms with Gasteiger partial charge in [-0.05, 0) is 36.2 Å². The Morgan fingerprint density at radius 3 is 2.71 bits per heavy atom. The number of Topliss-reactive ketones (excluding diaryl/α,β-unsaturated/α-hetero) is 1. The summed E-state index contributed by atoms with van der Waals surface area (Å²) in [5, 5.41) is 0. The highest BCUT2D eigenvalue weighted by atomic mass is 16.5. The molecule has 0 spiro atoms. The molecule has 0 heterocycles. The summed E-state index contributed by atoms with van der Waals surface area (Å²) in [5.74, 6) is 0.560. The smallest absolute Gasteiger partial charge is 0.309 e. The van der Waals surface area contributed by atoms with E-state index in [9.17, 15) is 9.59 Å². The SMILES string of the molecule is COC(=O)[C@H]1C([C@H]2Cc3ccccc3C2=O)[C@H]2C=C[C@@H]1C2. The number of carbonyl (C=O) groups is 2. The fourth-order valence-corrected chi connectivity index (χ4v) is 4.66. The van der Waals surface area contributed by atoms with Crippen molar-refractivity contribution < 1.29 is 14.3 Å². The van der Waals surface area contributed by atoms with Crippen LogP contribution in [-0.4, -0.2) is 18.9 Å². The topological polar surface area (TPSA) is 43.4 Å². The van der Waals surface area contributed by atoms with Crippen LogP contribution in [0.2, 0.25) is 0 Å². The summed E-state index contributed by atoms with van der Waals surface area (Å²) < 4.78 is 5.00. The number of esters is 1. The first-order valence-corrected chi connectivity index (χ1v) is 7.59. The van der Waals surface area contributed by atoms with Crippen LogP contribution in [0, 0.1) is 29.6 Å². The zero-order chi connectivity index (χ0) is 14.6. The second kappa shape index (κ2) is 4.55. The first kappa shape index (κ1) is 12.8. The average Bonchev–Trinajstić information content (AvgIpc) is 3.19. The molecule has 21 heavy (non-hydrogen) atoms. The number of allylic oxidation sites excluding steroid dienone is 2. The number of ketones is 1. The molecule has 0 radical (unpaired) electrons. The molecule has 0 amide bonds. The van der Waals surface area contributed by atoms with Gasteiger partial charge in [0.2, 0.25) is 0 Å². The minimum Gasteiger partial charge on any atom is -0.469 e. The number of hydrogen-bond donors (Lipinski definition) is 0. The summed E-state index contributed by atoms with van der Waals surface area (Å²) >= 11 is 0. The van der Waals surface area contributed by atoms with Gasteiger partial charge in [0, 0.05) is 11.5 Å². The Morgan fingerprint density at radius 2 is 1.95 bits per heavy atom. The predicted octanol–water partition coefficient (Wildman–Crippen LogP) is 2.65. The molecule has 108 valence electrons. The minimum absolute atomic E-state index is 0.0635. The van der Waals surface area contributed by atoms with E-state index in [1.165, 1.54) is 7.11 Å². The Hall–Kier alpha value is -1.90. The van der Waals surface area contributed by atoms with Crippen molar-refractivity contribution in [3.8, 4) is 0 Å². The maximum absolute atomic E-state index is 12.7. The maximum Gasteiger partial charge on any atom is 0.309 e. The summed E-state index contributed by atoms with van der Waals surface area (Å²) in [7, 11) is 1.44. The zero-order valence-corrected chi connectivity index (χ0v) is 12.0. The summed E-state index contributed by atoms with van der Waals surface area (Å²) in [6.07, 6.45) is 6.09. The molecule has 4 rings (SSSR count). The van der Waals surface area contributed by atoms with Crippen molar-refractivity contribution >= 4 is 11.8 Å². The van der Waals surface area contributed by atoms with Crippen molar-refractivity contribution in [3.05, 3.63) is 47.5 Å². The van der Waals surface area contributed by atoms with Gasteiger partial charge in [-0.3, -0.25) is 9.59 Å². The van der Waals surface area contributed by atoms with Crippen LogP contribution >= 0.6 is 0 Å². The molecule has 1 saturated carbocycles. The number of ether oxygens (including phenoxy) is 1. The predicted molar refractivity (Wildman–Crippen MR) is 77.7 cm³/mol. The third-order valence-corrected chi connectivity index (χ3v) is 5.52. The van der Waals surface area contributed by atoms with Crippen LogP contribution in [0.25, 0.3) is 0 Å². The molecule has 0 aromatic heterocycles. The minimum atomic E-state index is -0.152. The van der Waals surface area contributed by atoms with E-state index in [0.717, 1.165) is 24.0 Å². The summed E-state index contributed by atoms with van der Waals surface area (Å²) in [4.78, 5) is 24.9. The number of fused-ring (bicyclic) bond motifs is 3. The third kappa shape index (κ3) is 1.73. The number of hydrogen-bond acceptors (Lipinski definition) is 3. The lowest BCUT2D eigenvalue weighted by Crippen LogP contribution is -2.36. The first-order chi connectivity index (χ1) is 10.2. The van der Waals surface area contributed by atoms with Gasteiger partial charge in [0.05, 0.1) is 13.0 Å². The van der Waals surface area contributed by atoms with Crippen LogP contribution in [0.15, 0.2) is 36.4 Å². The largest absolute Gasteiger partial charge is 0.469 e. The van der Waals surface area contributed by atoms with E-state index >= 15 is 0 Å². The van der Waals surface area contributed by atoms with Crippen LogP contribution in [-0.2, 0) is 16.0 Å². The van der Waals surface area contributed by atoms with Crippen molar-refractivity contribution in [1.29, 1.82) is 0 Å². The second-order valence-corrected chi connectivity index (χ2v) is 6.41. The van der Waals surface area contributed by atoms with Gasteiger partial charge in [-0.15, -0.1) is 0 Å². The molecule has 1 aromatic carbocycles. The van der Waals surface area contributed by atoms with Crippen LogP contribution in [0.4, 0.5) is 0 Å². The molecule has 3 aliphatic rings. The summed E-state index contributed by atoms with van der Waals surface area (Å²) in [6.45, 7) is 0. The molecule has 1 aromatic rings. The molecule has 0 saturated heterocycles. The highest BCUT2D eigenvalue weighted by Gasteiger charge is 2.54. The van der Waals surface area contributed by atoms with E-state index < -0.39 is 0 Å². The van der Waals surface area contributed by atoms with E-state index in [4.69, 9.17) is 4.74 Å². The van der Waals surface area contributed by atoms with E-state index in [-0.39, 0.29) is 35.4 Å². The molecule has 3 nitrogen and oxygen atoms in total. The quantitative estimate of drug-likeness (QED) is 0.618. The molecular formula is C18H18O3. The fourth-order valence-electron chi connectivity index (χ4n) is 4.66. The van der Waals surface area contributed by atoms with Crippen molar-refractivity contribution in [2.24, 2.45) is 29.6 Å². The lowest BCUT2D eigenvalue weighted by atomic mass is 9.73.